The summed E-state index contributed by atoms with van der Waals surface area (Å²) in [6.07, 6.45) is 6.75. The zero-order valence-corrected chi connectivity index (χ0v) is 10.1. The van der Waals surface area contributed by atoms with Crippen molar-refractivity contribution in [1.82, 2.24) is 5.32 Å². The standard InChI is InChI=1S/C11H20ClNO2/c1-2-3-4-5-6-7-10-9(8-12)13-11(14)15-10/h9-10H,2-8H2,1H3,(H,13,14)/t9-,10+/m0/s1. The topological polar surface area (TPSA) is 38.3 Å². The average molecular weight is 234 g/mol. The lowest BCUT2D eigenvalue weighted by Crippen LogP contribution is -2.33. The van der Waals surface area contributed by atoms with Crippen LogP contribution < -0.4 is 5.32 Å². The Morgan fingerprint density at radius 1 is 1.33 bits per heavy atom. The highest BCUT2D eigenvalue weighted by atomic mass is 35.5. The van der Waals surface area contributed by atoms with Crippen molar-refractivity contribution < 1.29 is 9.53 Å². The van der Waals surface area contributed by atoms with E-state index in [-0.39, 0.29) is 18.2 Å². The number of hydrogen-bond donors (Lipinski definition) is 1. The molecule has 0 aromatic heterocycles. The normalized spacial score (nSPS) is 25.1. The number of carbonyl (C=O) groups is 1. The van der Waals surface area contributed by atoms with Crippen LogP contribution in [0.1, 0.15) is 45.4 Å². The quantitative estimate of drug-likeness (QED) is 0.542. The number of halogens is 1. The Morgan fingerprint density at radius 3 is 2.73 bits per heavy atom. The number of amides is 1. The van der Waals surface area contributed by atoms with E-state index in [4.69, 9.17) is 16.3 Å². The number of alkyl carbamates (subject to hydrolysis) is 1. The molecule has 0 aliphatic carbocycles. The number of ether oxygens (including phenoxy) is 1. The fraction of sp³-hybridized carbons (Fsp3) is 0.909. The molecule has 0 aromatic carbocycles. The van der Waals surface area contributed by atoms with E-state index in [1.54, 1.807) is 0 Å². The van der Waals surface area contributed by atoms with Gasteiger partial charge in [0.05, 0.1) is 6.04 Å². The second-order valence-electron chi connectivity index (χ2n) is 4.05. The Kier molecular flexibility index (Phi) is 5.84. The number of cyclic esters (lactones) is 1. The Bertz CT molecular complexity index is 199. The minimum Gasteiger partial charge on any atom is -0.444 e. The first-order valence-corrected chi connectivity index (χ1v) is 6.34. The van der Waals surface area contributed by atoms with Gasteiger partial charge in [-0.3, -0.25) is 0 Å². The smallest absolute Gasteiger partial charge is 0.407 e. The van der Waals surface area contributed by atoms with Crippen molar-refractivity contribution in [2.45, 2.75) is 57.6 Å². The van der Waals surface area contributed by atoms with Gasteiger partial charge in [0.2, 0.25) is 0 Å². The minimum absolute atomic E-state index is 0.00495. The van der Waals surface area contributed by atoms with Crippen molar-refractivity contribution in [3.8, 4) is 0 Å². The molecule has 1 saturated heterocycles. The molecule has 1 amide bonds. The van der Waals surface area contributed by atoms with Crippen molar-refractivity contribution in [2.24, 2.45) is 0 Å². The predicted octanol–water partition coefficient (Wildman–Crippen LogP) is 3.06. The first-order valence-electron chi connectivity index (χ1n) is 5.81. The lowest BCUT2D eigenvalue weighted by molar-refractivity contribution is 0.126. The zero-order chi connectivity index (χ0) is 11.1. The van der Waals surface area contributed by atoms with Gasteiger partial charge < -0.3 is 10.1 Å². The first-order chi connectivity index (χ1) is 7.27. The number of hydrogen-bond acceptors (Lipinski definition) is 2. The highest BCUT2D eigenvalue weighted by molar-refractivity contribution is 6.18. The van der Waals surface area contributed by atoms with Gasteiger partial charge in [-0.05, 0) is 12.8 Å². The fourth-order valence-corrected chi connectivity index (χ4v) is 2.12. The molecule has 0 radical (unpaired) electrons. The third kappa shape index (κ3) is 4.29. The van der Waals surface area contributed by atoms with E-state index in [0.29, 0.717) is 5.88 Å². The van der Waals surface area contributed by atoms with Gasteiger partial charge in [-0.2, -0.15) is 0 Å². The van der Waals surface area contributed by atoms with Gasteiger partial charge in [0.25, 0.3) is 0 Å². The van der Waals surface area contributed by atoms with Crippen LogP contribution in [-0.2, 0) is 4.74 Å². The summed E-state index contributed by atoms with van der Waals surface area (Å²) in [5.41, 5.74) is 0. The molecule has 1 rings (SSSR count). The highest BCUT2D eigenvalue weighted by Gasteiger charge is 2.32. The number of carbonyl (C=O) groups excluding carboxylic acids is 1. The number of rotatable bonds is 7. The molecule has 1 aliphatic rings. The summed E-state index contributed by atoms with van der Waals surface area (Å²) in [6.45, 7) is 2.20. The van der Waals surface area contributed by atoms with Crippen LogP contribution in [0.2, 0.25) is 0 Å². The van der Waals surface area contributed by atoms with Crippen LogP contribution in [-0.4, -0.2) is 24.1 Å². The number of unbranched alkanes of at least 4 members (excludes halogenated alkanes) is 4. The summed E-state index contributed by atoms with van der Waals surface area (Å²) in [5.74, 6) is 0.436. The Labute approximate surface area is 96.5 Å². The monoisotopic (exact) mass is 233 g/mol. The van der Waals surface area contributed by atoms with Gasteiger partial charge in [-0.15, -0.1) is 11.6 Å². The van der Waals surface area contributed by atoms with E-state index in [1.165, 1.54) is 25.7 Å². The molecular formula is C11H20ClNO2. The Morgan fingerprint density at radius 2 is 2.07 bits per heavy atom. The summed E-state index contributed by atoms with van der Waals surface area (Å²) < 4.78 is 5.14. The van der Waals surface area contributed by atoms with Crippen LogP contribution in [0.3, 0.4) is 0 Å². The molecule has 0 bridgehead atoms. The van der Waals surface area contributed by atoms with E-state index in [9.17, 15) is 4.79 Å². The molecule has 1 fully saturated rings. The summed E-state index contributed by atoms with van der Waals surface area (Å²) in [6, 6.07) is 0.00495. The maximum Gasteiger partial charge on any atom is 0.407 e. The first kappa shape index (κ1) is 12.6. The average Bonchev–Trinajstić information content (AvgIpc) is 2.59. The second kappa shape index (κ2) is 6.94. The summed E-state index contributed by atoms with van der Waals surface area (Å²) in [5, 5.41) is 2.71. The van der Waals surface area contributed by atoms with E-state index >= 15 is 0 Å². The maximum absolute atomic E-state index is 11.0. The molecule has 1 aliphatic heterocycles. The molecule has 4 heteroatoms. The SMILES string of the molecule is CCCCCCC[C@H]1OC(=O)N[C@H]1CCl. The van der Waals surface area contributed by atoms with Crippen LogP contribution in [0, 0.1) is 0 Å². The van der Waals surface area contributed by atoms with E-state index in [2.05, 4.69) is 12.2 Å². The summed E-state index contributed by atoms with van der Waals surface area (Å²) in [7, 11) is 0. The van der Waals surface area contributed by atoms with E-state index in [1.807, 2.05) is 0 Å². The second-order valence-corrected chi connectivity index (χ2v) is 4.36. The van der Waals surface area contributed by atoms with Gasteiger partial charge in [0.15, 0.2) is 0 Å². The number of alkyl halides is 1. The molecule has 1 heterocycles. The molecular weight excluding hydrogens is 214 g/mol. The molecule has 1 N–H and O–H groups in total. The number of nitrogens with one attached hydrogen (secondary N) is 1. The van der Waals surface area contributed by atoms with Gasteiger partial charge in [-0.1, -0.05) is 32.6 Å². The molecule has 15 heavy (non-hydrogen) atoms. The summed E-state index contributed by atoms with van der Waals surface area (Å²) in [4.78, 5) is 11.0. The zero-order valence-electron chi connectivity index (χ0n) is 9.30. The molecule has 0 spiro atoms. The third-order valence-electron chi connectivity index (χ3n) is 2.77. The molecule has 2 atom stereocenters. The largest absolute Gasteiger partial charge is 0.444 e. The lowest BCUT2D eigenvalue weighted by atomic mass is 10.0. The Hall–Kier alpha value is -0.440. The van der Waals surface area contributed by atoms with Gasteiger partial charge in [0.1, 0.15) is 6.10 Å². The van der Waals surface area contributed by atoms with Crippen molar-refractivity contribution in [1.29, 1.82) is 0 Å². The van der Waals surface area contributed by atoms with E-state index in [0.717, 1.165) is 12.8 Å². The van der Waals surface area contributed by atoms with Gasteiger partial charge >= 0.3 is 6.09 Å². The molecule has 0 unspecified atom stereocenters. The van der Waals surface area contributed by atoms with Crippen LogP contribution in [0.15, 0.2) is 0 Å². The molecule has 0 aromatic rings. The van der Waals surface area contributed by atoms with Gasteiger partial charge in [0, 0.05) is 5.88 Å². The summed E-state index contributed by atoms with van der Waals surface area (Å²) >= 11 is 5.74. The Balaban J connectivity index is 2.12. The maximum atomic E-state index is 11.0. The molecule has 3 nitrogen and oxygen atoms in total. The van der Waals surface area contributed by atoms with Gasteiger partial charge in [-0.25, -0.2) is 4.79 Å². The van der Waals surface area contributed by atoms with Crippen LogP contribution >= 0.6 is 11.6 Å². The van der Waals surface area contributed by atoms with E-state index < -0.39 is 0 Å². The lowest BCUT2D eigenvalue weighted by Gasteiger charge is -2.13. The fourth-order valence-electron chi connectivity index (χ4n) is 1.85. The third-order valence-corrected chi connectivity index (χ3v) is 3.10. The highest BCUT2D eigenvalue weighted by Crippen LogP contribution is 2.17. The molecule has 0 saturated carbocycles. The van der Waals surface area contributed by atoms with Crippen LogP contribution in [0.5, 0.6) is 0 Å². The van der Waals surface area contributed by atoms with Crippen LogP contribution in [0.25, 0.3) is 0 Å². The predicted molar refractivity (Wildman–Crippen MR) is 61.3 cm³/mol. The molecule has 88 valence electrons. The van der Waals surface area contributed by atoms with Crippen molar-refractivity contribution in [2.75, 3.05) is 5.88 Å². The van der Waals surface area contributed by atoms with Crippen molar-refractivity contribution in [3.63, 3.8) is 0 Å². The minimum atomic E-state index is -0.320. The van der Waals surface area contributed by atoms with Crippen molar-refractivity contribution in [3.05, 3.63) is 0 Å². The van der Waals surface area contributed by atoms with Crippen LogP contribution in [0.4, 0.5) is 4.79 Å². The van der Waals surface area contributed by atoms with Crippen molar-refractivity contribution >= 4 is 17.7 Å².